The number of hydrogen-bond acceptors (Lipinski definition) is 3. The highest BCUT2D eigenvalue weighted by molar-refractivity contribution is 5.75. The van der Waals surface area contributed by atoms with Crippen LogP contribution >= 0.6 is 0 Å². The summed E-state index contributed by atoms with van der Waals surface area (Å²) < 4.78 is 17.8. The van der Waals surface area contributed by atoms with Crippen LogP contribution in [0.3, 0.4) is 0 Å². The normalized spacial score (nSPS) is 14.7. The summed E-state index contributed by atoms with van der Waals surface area (Å²) >= 11 is 0. The summed E-state index contributed by atoms with van der Waals surface area (Å²) in [6, 6.07) is 5.98. The fourth-order valence-corrected chi connectivity index (χ4v) is 1.19. The van der Waals surface area contributed by atoms with Gasteiger partial charge in [-0.25, -0.2) is 4.39 Å². The van der Waals surface area contributed by atoms with Crippen molar-refractivity contribution < 1.29 is 13.9 Å². The summed E-state index contributed by atoms with van der Waals surface area (Å²) in [7, 11) is 0. The zero-order valence-corrected chi connectivity index (χ0v) is 8.20. The van der Waals surface area contributed by atoms with E-state index in [4.69, 9.17) is 4.74 Å². The highest BCUT2D eigenvalue weighted by Gasteiger charge is 2.25. The van der Waals surface area contributed by atoms with E-state index in [-0.39, 0.29) is 24.4 Å². The molecule has 0 bridgehead atoms. The second kappa shape index (κ2) is 4.29. The van der Waals surface area contributed by atoms with Crippen molar-refractivity contribution in [3.63, 3.8) is 0 Å². The lowest BCUT2D eigenvalue weighted by Crippen LogP contribution is -2.17. The maximum Gasteiger partial charge on any atom is 0.325 e. The minimum absolute atomic E-state index is 0.0833. The largest absolute Gasteiger partial charge is 0.461 e. The quantitative estimate of drug-likeness (QED) is 0.770. The topological polar surface area (TPSA) is 38.3 Å². The third kappa shape index (κ3) is 3.23. The Morgan fingerprint density at radius 3 is 3.00 bits per heavy atom. The van der Waals surface area contributed by atoms with Crippen LogP contribution in [0.25, 0.3) is 0 Å². The van der Waals surface area contributed by atoms with Crippen LogP contribution in [-0.2, 0) is 9.53 Å². The molecule has 0 aromatic heterocycles. The zero-order chi connectivity index (χ0) is 10.7. The monoisotopic (exact) mass is 209 g/mol. The third-order valence-electron chi connectivity index (χ3n) is 2.08. The number of carbonyl (C=O) groups excluding carboxylic acids is 1. The Balaban J connectivity index is 1.78. The molecule has 0 atom stereocenters. The molecule has 1 N–H and O–H groups in total. The lowest BCUT2D eigenvalue weighted by molar-refractivity contribution is -0.142. The van der Waals surface area contributed by atoms with Crippen molar-refractivity contribution in [1.29, 1.82) is 0 Å². The summed E-state index contributed by atoms with van der Waals surface area (Å²) in [6.45, 7) is 0.0833. The molecular formula is C11H12FNO2. The zero-order valence-electron chi connectivity index (χ0n) is 8.20. The molecule has 0 unspecified atom stereocenters. The Bertz CT molecular complexity index is 363. The SMILES string of the molecule is O=C(CNc1cccc(F)c1)OC1CC1. The van der Waals surface area contributed by atoms with Gasteiger partial charge in [-0.2, -0.15) is 0 Å². The molecule has 0 aliphatic heterocycles. The van der Waals surface area contributed by atoms with Crippen LogP contribution < -0.4 is 5.32 Å². The van der Waals surface area contributed by atoms with E-state index in [1.54, 1.807) is 12.1 Å². The number of anilines is 1. The van der Waals surface area contributed by atoms with Gasteiger partial charge in [-0.05, 0) is 31.0 Å². The average Bonchev–Trinajstić information content (AvgIpc) is 2.99. The van der Waals surface area contributed by atoms with Crippen molar-refractivity contribution in [2.75, 3.05) is 11.9 Å². The molecular weight excluding hydrogens is 197 g/mol. The van der Waals surface area contributed by atoms with Gasteiger partial charge in [-0.1, -0.05) is 6.07 Å². The Morgan fingerprint density at radius 2 is 2.33 bits per heavy atom. The van der Waals surface area contributed by atoms with Crippen LogP contribution in [-0.4, -0.2) is 18.6 Å². The van der Waals surface area contributed by atoms with Gasteiger partial charge in [-0.15, -0.1) is 0 Å². The maximum atomic E-state index is 12.8. The highest BCUT2D eigenvalue weighted by atomic mass is 19.1. The van der Waals surface area contributed by atoms with Crippen LogP contribution in [0.1, 0.15) is 12.8 Å². The van der Waals surface area contributed by atoms with Gasteiger partial charge in [0, 0.05) is 5.69 Å². The first kappa shape index (κ1) is 9.96. The second-order valence-electron chi connectivity index (χ2n) is 3.55. The molecule has 3 nitrogen and oxygen atoms in total. The number of nitrogens with one attached hydrogen (secondary N) is 1. The van der Waals surface area contributed by atoms with E-state index in [1.807, 2.05) is 0 Å². The average molecular weight is 209 g/mol. The minimum atomic E-state index is -0.324. The van der Waals surface area contributed by atoms with E-state index in [2.05, 4.69) is 5.32 Å². The smallest absolute Gasteiger partial charge is 0.325 e. The van der Waals surface area contributed by atoms with E-state index in [1.165, 1.54) is 12.1 Å². The van der Waals surface area contributed by atoms with E-state index in [0.29, 0.717) is 5.69 Å². The van der Waals surface area contributed by atoms with Gasteiger partial charge >= 0.3 is 5.97 Å². The van der Waals surface area contributed by atoms with Gasteiger partial charge in [0.2, 0.25) is 0 Å². The number of esters is 1. The van der Waals surface area contributed by atoms with Crippen molar-refractivity contribution in [2.24, 2.45) is 0 Å². The van der Waals surface area contributed by atoms with Crippen LogP contribution in [0.15, 0.2) is 24.3 Å². The number of benzene rings is 1. The molecule has 0 radical (unpaired) electrons. The fourth-order valence-electron chi connectivity index (χ4n) is 1.19. The Kier molecular flexibility index (Phi) is 2.85. The molecule has 0 spiro atoms. The number of ether oxygens (including phenoxy) is 1. The van der Waals surface area contributed by atoms with Gasteiger partial charge in [0.25, 0.3) is 0 Å². The molecule has 1 aromatic carbocycles. The molecule has 1 saturated carbocycles. The fraction of sp³-hybridized carbons (Fsp3) is 0.364. The van der Waals surface area contributed by atoms with Crippen molar-refractivity contribution in [2.45, 2.75) is 18.9 Å². The molecule has 1 aliphatic rings. The molecule has 1 aliphatic carbocycles. The maximum absolute atomic E-state index is 12.8. The predicted molar refractivity (Wildman–Crippen MR) is 54.0 cm³/mol. The Morgan fingerprint density at radius 1 is 1.53 bits per heavy atom. The van der Waals surface area contributed by atoms with Crippen LogP contribution in [0, 0.1) is 5.82 Å². The van der Waals surface area contributed by atoms with Crippen molar-refractivity contribution in [3.05, 3.63) is 30.1 Å². The van der Waals surface area contributed by atoms with E-state index >= 15 is 0 Å². The Labute approximate surface area is 87.2 Å². The number of rotatable bonds is 4. The van der Waals surface area contributed by atoms with Gasteiger partial charge in [-0.3, -0.25) is 4.79 Å². The van der Waals surface area contributed by atoms with Crippen LogP contribution in [0.4, 0.5) is 10.1 Å². The molecule has 0 amide bonds. The van der Waals surface area contributed by atoms with Crippen molar-refractivity contribution in [1.82, 2.24) is 0 Å². The lowest BCUT2D eigenvalue weighted by atomic mass is 10.3. The standard InChI is InChI=1S/C11H12FNO2/c12-8-2-1-3-9(6-8)13-7-11(14)15-10-4-5-10/h1-3,6,10,13H,4-5,7H2. The molecule has 2 rings (SSSR count). The van der Waals surface area contributed by atoms with Crippen LogP contribution in [0.5, 0.6) is 0 Å². The first-order chi connectivity index (χ1) is 7.24. The summed E-state index contributed by atoms with van der Waals surface area (Å²) in [5.41, 5.74) is 0.586. The predicted octanol–water partition coefficient (Wildman–Crippen LogP) is 1.94. The van der Waals surface area contributed by atoms with Crippen molar-refractivity contribution in [3.8, 4) is 0 Å². The van der Waals surface area contributed by atoms with Gasteiger partial charge in [0.05, 0.1) is 0 Å². The lowest BCUT2D eigenvalue weighted by Gasteiger charge is -2.06. The first-order valence-electron chi connectivity index (χ1n) is 4.93. The molecule has 1 fully saturated rings. The molecule has 15 heavy (non-hydrogen) atoms. The van der Waals surface area contributed by atoms with E-state index in [0.717, 1.165) is 12.8 Å². The van der Waals surface area contributed by atoms with Crippen molar-refractivity contribution >= 4 is 11.7 Å². The molecule has 0 saturated heterocycles. The number of carbonyl (C=O) groups is 1. The first-order valence-corrected chi connectivity index (χ1v) is 4.93. The minimum Gasteiger partial charge on any atom is -0.461 e. The van der Waals surface area contributed by atoms with Crippen LogP contribution in [0.2, 0.25) is 0 Å². The number of hydrogen-bond donors (Lipinski definition) is 1. The molecule has 80 valence electrons. The van der Waals surface area contributed by atoms with E-state index < -0.39 is 0 Å². The highest BCUT2D eigenvalue weighted by Crippen LogP contribution is 2.23. The van der Waals surface area contributed by atoms with Gasteiger partial charge in [0.15, 0.2) is 0 Å². The summed E-state index contributed by atoms with van der Waals surface area (Å²) in [6.07, 6.45) is 2.05. The second-order valence-corrected chi connectivity index (χ2v) is 3.55. The Hall–Kier alpha value is -1.58. The third-order valence-corrected chi connectivity index (χ3v) is 2.08. The van der Waals surface area contributed by atoms with E-state index in [9.17, 15) is 9.18 Å². The molecule has 0 heterocycles. The summed E-state index contributed by atoms with van der Waals surface area (Å²) in [5, 5.41) is 2.80. The molecule has 4 heteroatoms. The van der Waals surface area contributed by atoms with Gasteiger partial charge < -0.3 is 10.1 Å². The summed E-state index contributed by atoms with van der Waals surface area (Å²) in [4.78, 5) is 11.2. The number of halogens is 1. The summed E-state index contributed by atoms with van der Waals surface area (Å²) in [5.74, 6) is -0.614. The van der Waals surface area contributed by atoms with Gasteiger partial charge in [0.1, 0.15) is 18.5 Å². The molecule has 1 aromatic rings.